The Bertz CT molecular complexity index is 931. The van der Waals surface area contributed by atoms with E-state index >= 15 is 0 Å². The average molecular weight is 417 g/mol. The molecular formula is C18H18F3NO5S. The van der Waals surface area contributed by atoms with E-state index in [4.69, 9.17) is 4.74 Å². The first-order valence-corrected chi connectivity index (χ1v) is 9.46. The van der Waals surface area contributed by atoms with Crippen LogP contribution in [0, 0.1) is 0 Å². The standard InChI is InChI=1S/C18H18F3NO5S/c1-17(2,3)27-16(23)22-28(24,25)15-10-6-13(7-11-15)12-4-8-14(9-5-12)26-18(19,20)21/h4-11H,1-3H3,(H,22,23). The van der Waals surface area contributed by atoms with Crippen LogP contribution in [0.15, 0.2) is 53.4 Å². The van der Waals surface area contributed by atoms with Crippen molar-refractivity contribution in [3.63, 3.8) is 0 Å². The second-order valence-electron chi connectivity index (χ2n) is 6.70. The molecule has 0 spiro atoms. The maximum Gasteiger partial charge on any atom is 0.573 e. The maximum absolute atomic E-state index is 12.2. The van der Waals surface area contributed by atoms with E-state index in [0.717, 1.165) is 12.1 Å². The number of alkyl halides is 3. The Balaban J connectivity index is 2.13. The molecular weight excluding hydrogens is 399 g/mol. The smallest absolute Gasteiger partial charge is 0.443 e. The predicted molar refractivity (Wildman–Crippen MR) is 95.1 cm³/mol. The van der Waals surface area contributed by atoms with Crippen molar-refractivity contribution in [2.75, 3.05) is 0 Å². The Kier molecular flexibility index (Phi) is 5.93. The third kappa shape index (κ3) is 6.45. The Morgan fingerprint density at radius 3 is 1.79 bits per heavy atom. The van der Waals surface area contributed by atoms with E-state index < -0.39 is 28.1 Å². The summed E-state index contributed by atoms with van der Waals surface area (Å²) in [5.41, 5.74) is 0.263. The van der Waals surface area contributed by atoms with Gasteiger partial charge in [-0.05, 0) is 56.2 Å². The molecule has 0 saturated carbocycles. The van der Waals surface area contributed by atoms with Gasteiger partial charge in [-0.3, -0.25) is 0 Å². The highest BCUT2D eigenvalue weighted by Crippen LogP contribution is 2.27. The van der Waals surface area contributed by atoms with Gasteiger partial charge in [-0.15, -0.1) is 13.2 Å². The number of ether oxygens (including phenoxy) is 2. The fourth-order valence-corrected chi connectivity index (χ4v) is 3.02. The van der Waals surface area contributed by atoms with E-state index in [9.17, 15) is 26.4 Å². The van der Waals surface area contributed by atoms with Crippen LogP contribution in [0.4, 0.5) is 18.0 Å². The van der Waals surface area contributed by atoms with E-state index in [1.165, 1.54) is 36.4 Å². The van der Waals surface area contributed by atoms with E-state index in [0.29, 0.717) is 11.1 Å². The van der Waals surface area contributed by atoms with Crippen LogP contribution < -0.4 is 9.46 Å². The molecule has 1 amide bonds. The summed E-state index contributed by atoms with van der Waals surface area (Å²) in [7, 11) is -4.13. The van der Waals surface area contributed by atoms with Gasteiger partial charge in [0.2, 0.25) is 0 Å². The van der Waals surface area contributed by atoms with Crippen molar-refractivity contribution in [3.05, 3.63) is 48.5 Å². The quantitative estimate of drug-likeness (QED) is 0.794. The number of halogens is 3. The molecule has 0 unspecified atom stereocenters. The number of benzene rings is 2. The molecule has 6 nitrogen and oxygen atoms in total. The van der Waals surface area contributed by atoms with Crippen molar-refractivity contribution in [3.8, 4) is 16.9 Å². The molecule has 0 heterocycles. The lowest BCUT2D eigenvalue weighted by Crippen LogP contribution is -2.36. The zero-order valence-corrected chi connectivity index (χ0v) is 16.0. The molecule has 0 aromatic heterocycles. The Hall–Kier alpha value is -2.75. The molecule has 2 aromatic rings. The van der Waals surface area contributed by atoms with Crippen molar-refractivity contribution in [1.82, 2.24) is 4.72 Å². The summed E-state index contributed by atoms with van der Waals surface area (Å²) in [5, 5.41) is 0. The van der Waals surface area contributed by atoms with E-state index in [1.54, 1.807) is 25.5 Å². The summed E-state index contributed by atoms with van der Waals surface area (Å²) in [4.78, 5) is 11.5. The number of hydrogen-bond acceptors (Lipinski definition) is 5. The molecule has 1 N–H and O–H groups in total. The number of amides is 1. The highest BCUT2D eigenvalue weighted by molar-refractivity contribution is 7.90. The SMILES string of the molecule is CC(C)(C)OC(=O)NS(=O)(=O)c1ccc(-c2ccc(OC(F)(F)F)cc2)cc1. The topological polar surface area (TPSA) is 81.7 Å². The summed E-state index contributed by atoms with van der Waals surface area (Å²) in [6, 6.07) is 10.6. The van der Waals surface area contributed by atoms with Gasteiger partial charge >= 0.3 is 12.5 Å². The molecule has 10 heteroatoms. The third-order valence-corrected chi connectivity index (χ3v) is 4.53. The molecule has 0 atom stereocenters. The summed E-state index contributed by atoms with van der Waals surface area (Å²) < 4.78 is 71.5. The van der Waals surface area contributed by atoms with Gasteiger partial charge in [-0.1, -0.05) is 24.3 Å². The molecule has 28 heavy (non-hydrogen) atoms. The minimum Gasteiger partial charge on any atom is -0.443 e. The number of carbonyl (C=O) groups is 1. The molecule has 0 fully saturated rings. The lowest BCUT2D eigenvalue weighted by molar-refractivity contribution is -0.274. The van der Waals surface area contributed by atoms with Crippen LogP contribution in [0.3, 0.4) is 0 Å². The van der Waals surface area contributed by atoms with Crippen molar-refractivity contribution in [2.45, 2.75) is 37.6 Å². The molecule has 0 aliphatic heterocycles. The van der Waals surface area contributed by atoms with Crippen LogP contribution in [0.2, 0.25) is 0 Å². The Labute approximate surface area is 160 Å². The van der Waals surface area contributed by atoms with E-state index in [-0.39, 0.29) is 10.6 Å². The van der Waals surface area contributed by atoms with Gasteiger partial charge in [0, 0.05) is 0 Å². The first-order chi connectivity index (χ1) is 12.8. The van der Waals surface area contributed by atoms with Gasteiger partial charge in [0.05, 0.1) is 4.90 Å². The first-order valence-electron chi connectivity index (χ1n) is 7.97. The number of carbonyl (C=O) groups excluding carboxylic acids is 1. The van der Waals surface area contributed by atoms with Crippen molar-refractivity contribution in [1.29, 1.82) is 0 Å². The lowest BCUT2D eigenvalue weighted by atomic mass is 10.1. The number of sulfonamides is 1. The highest BCUT2D eigenvalue weighted by Gasteiger charge is 2.31. The maximum atomic E-state index is 12.2. The van der Waals surface area contributed by atoms with Gasteiger partial charge in [0.25, 0.3) is 10.0 Å². The highest BCUT2D eigenvalue weighted by atomic mass is 32.2. The second kappa shape index (κ2) is 7.70. The zero-order chi connectivity index (χ0) is 21.2. The van der Waals surface area contributed by atoms with Crippen LogP contribution in [-0.4, -0.2) is 26.5 Å². The molecule has 2 aromatic carbocycles. The minimum absolute atomic E-state index is 0.167. The molecule has 0 bridgehead atoms. The monoisotopic (exact) mass is 417 g/mol. The van der Waals surface area contributed by atoms with E-state index in [2.05, 4.69) is 4.74 Å². The van der Waals surface area contributed by atoms with Crippen molar-refractivity contribution < 1.29 is 35.9 Å². The van der Waals surface area contributed by atoms with E-state index in [1.807, 2.05) is 0 Å². The molecule has 2 rings (SSSR count). The van der Waals surface area contributed by atoms with Gasteiger partial charge in [-0.25, -0.2) is 17.9 Å². The van der Waals surface area contributed by atoms with Crippen molar-refractivity contribution in [2.24, 2.45) is 0 Å². The molecule has 152 valence electrons. The molecule has 0 aliphatic rings. The van der Waals surface area contributed by atoms with Gasteiger partial charge in [-0.2, -0.15) is 0 Å². The molecule has 0 aliphatic carbocycles. The van der Waals surface area contributed by atoms with Crippen LogP contribution >= 0.6 is 0 Å². The second-order valence-corrected chi connectivity index (χ2v) is 8.39. The number of nitrogens with one attached hydrogen (secondary N) is 1. The van der Waals surface area contributed by atoms with Gasteiger partial charge in [0.15, 0.2) is 0 Å². The summed E-state index contributed by atoms with van der Waals surface area (Å²) in [6.45, 7) is 4.79. The molecule has 0 saturated heterocycles. The number of rotatable bonds is 4. The first kappa shape index (κ1) is 21.5. The summed E-state index contributed by atoms with van der Waals surface area (Å²) >= 11 is 0. The van der Waals surface area contributed by atoms with Gasteiger partial charge in [0.1, 0.15) is 11.4 Å². The predicted octanol–water partition coefficient (Wildman–Crippen LogP) is 4.47. The normalized spacial score (nSPS) is 12.4. The van der Waals surface area contributed by atoms with Crippen LogP contribution in [0.5, 0.6) is 5.75 Å². The number of hydrogen-bond donors (Lipinski definition) is 1. The van der Waals surface area contributed by atoms with Crippen LogP contribution in [0.1, 0.15) is 20.8 Å². The Morgan fingerprint density at radius 1 is 0.893 bits per heavy atom. The fourth-order valence-electron chi connectivity index (χ4n) is 2.14. The minimum atomic E-state index is -4.78. The summed E-state index contributed by atoms with van der Waals surface area (Å²) in [5.74, 6) is -0.364. The Morgan fingerprint density at radius 2 is 1.36 bits per heavy atom. The summed E-state index contributed by atoms with van der Waals surface area (Å²) in [6.07, 6.45) is -5.88. The van der Waals surface area contributed by atoms with Crippen molar-refractivity contribution >= 4 is 16.1 Å². The molecule has 0 radical (unpaired) electrons. The largest absolute Gasteiger partial charge is 0.573 e. The van der Waals surface area contributed by atoms with Crippen LogP contribution in [0.25, 0.3) is 11.1 Å². The third-order valence-electron chi connectivity index (χ3n) is 3.20. The van der Waals surface area contributed by atoms with Gasteiger partial charge < -0.3 is 9.47 Å². The fraction of sp³-hybridized carbons (Fsp3) is 0.278. The average Bonchev–Trinajstić information content (AvgIpc) is 2.52. The van der Waals surface area contributed by atoms with Crippen LogP contribution in [-0.2, 0) is 14.8 Å². The zero-order valence-electron chi connectivity index (χ0n) is 15.2. The lowest BCUT2D eigenvalue weighted by Gasteiger charge is -2.19.